The van der Waals surface area contributed by atoms with Crippen LogP contribution >= 0.6 is 0 Å². The van der Waals surface area contributed by atoms with E-state index in [1.54, 1.807) is 0 Å². The molecule has 112 valence electrons. The summed E-state index contributed by atoms with van der Waals surface area (Å²) in [6.07, 6.45) is 4.57. The standard InChI is InChI=1S/C16H23N5/c1-4-7-14-19-15(17)12(2)16(20-14)21(3)11-9-13-8-5-6-10-18-13/h5-6,8,10H,4,7,9,11H2,1-3H3,(H2,17,19,20). The summed E-state index contributed by atoms with van der Waals surface area (Å²) in [5.74, 6) is 2.32. The first-order valence-electron chi connectivity index (χ1n) is 7.35. The van der Waals surface area contributed by atoms with Crippen LogP contribution in [0, 0.1) is 6.92 Å². The normalized spacial score (nSPS) is 10.6. The van der Waals surface area contributed by atoms with E-state index < -0.39 is 0 Å². The Bertz CT molecular complexity index is 583. The Balaban J connectivity index is 2.12. The van der Waals surface area contributed by atoms with Crippen LogP contribution in [0.25, 0.3) is 0 Å². The maximum Gasteiger partial charge on any atom is 0.137 e. The molecule has 2 aromatic rings. The molecule has 0 unspecified atom stereocenters. The topological polar surface area (TPSA) is 67.9 Å². The van der Waals surface area contributed by atoms with Crippen molar-refractivity contribution in [3.63, 3.8) is 0 Å². The van der Waals surface area contributed by atoms with Gasteiger partial charge in [0.25, 0.3) is 0 Å². The van der Waals surface area contributed by atoms with Gasteiger partial charge in [0.15, 0.2) is 0 Å². The molecule has 21 heavy (non-hydrogen) atoms. The maximum atomic E-state index is 6.01. The first-order valence-corrected chi connectivity index (χ1v) is 7.35. The third kappa shape index (κ3) is 3.90. The van der Waals surface area contributed by atoms with Crippen molar-refractivity contribution in [3.8, 4) is 0 Å². The molecule has 0 fully saturated rings. The highest BCUT2D eigenvalue weighted by Gasteiger charge is 2.12. The molecule has 0 aliphatic rings. The van der Waals surface area contributed by atoms with Crippen molar-refractivity contribution in [2.75, 3.05) is 24.2 Å². The number of anilines is 2. The molecule has 0 saturated heterocycles. The molecule has 5 heteroatoms. The Morgan fingerprint density at radius 1 is 1.19 bits per heavy atom. The van der Waals surface area contributed by atoms with Gasteiger partial charge in [0.2, 0.25) is 0 Å². The molecule has 0 atom stereocenters. The van der Waals surface area contributed by atoms with Gasteiger partial charge in [0.1, 0.15) is 17.5 Å². The van der Waals surface area contributed by atoms with E-state index in [2.05, 4.69) is 26.8 Å². The molecular weight excluding hydrogens is 262 g/mol. The van der Waals surface area contributed by atoms with Gasteiger partial charge in [-0.05, 0) is 25.5 Å². The van der Waals surface area contributed by atoms with Gasteiger partial charge in [0.05, 0.1) is 0 Å². The van der Waals surface area contributed by atoms with Crippen molar-refractivity contribution >= 4 is 11.6 Å². The number of aromatic nitrogens is 3. The number of nitrogens with two attached hydrogens (primary N) is 1. The van der Waals surface area contributed by atoms with E-state index in [9.17, 15) is 0 Å². The lowest BCUT2D eigenvalue weighted by Gasteiger charge is -2.21. The van der Waals surface area contributed by atoms with E-state index in [1.807, 2.05) is 38.4 Å². The monoisotopic (exact) mass is 285 g/mol. The molecule has 0 aliphatic heterocycles. The van der Waals surface area contributed by atoms with Crippen molar-refractivity contribution in [1.82, 2.24) is 15.0 Å². The van der Waals surface area contributed by atoms with Crippen LogP contribution in [-0.2, 0) is 12.8 Å². The lowest BCUT2D eigenvalue weighted by atomic mass is 10.2. The van der Waals surface area contributed by atoms with Crippen LogP contribution in [-0.4, -0.2) is 28.5 Å². The van der Waals surface area contributed by atoms with Gasteiger partial charge in [-0.1, -0.05) is 13.0 Å². The molecule has 0 aromatic carbocycles. The number of likely N-dealkylation sites (N-methyl/N-ethyl adjacent to an activating group) is 1. The van der Waals surface area contributed by atoms with Crippen molar-refractivity contribution < 1.29 is 0 Å². The average Bonchev–Trinajstić information content (AvgIpc) is 2.49. The van der Waals surface area contributed by atoms with Crippen molar-refractivity contribution in [1.29, 1.82) is 0 Å². The SMILES string of the molecule is CCCc1nc(N)c(C)c(N(C)CCc2ccccn2)n1. The van der Waals surface area contributed by atoms with E-state index in [-0.39, 0.29) is 0 Å². The number of pyridine rings is 1. The third-order valence-corrected chi connectivity index (χ3v) is 3.47. The van der Waals surface area contributed by atoms with Crippen LogP contribution in [0.15, 0.2) is 24.4 Å². The predicted molar refractivity (Wildman–Crippen MR) is 86.4 cm³/mol. The number of nitrogen functional groups attached to an aromatic ring is 1. The van der Waals surface area contributed by atoms with Gasteiger partial charge < -0.3 is 10.6 Å². The third-order valence-electron chi connectivity index (χ3n) is 3.47. The highest BCUT2D eigenvalue weighted by atomic mass is 15.2. The zero-order chi connectivity index (χ0) is 15.2. The van der Waals surface area contributed by atoms with Gasteiger partial charge >= 0.3 is 0 Å². The summed E-state index contributed by atoms with van der Waals surface area (Å²) in [5.41, 5.74) is 8.03. The number of hydrogen-bond acceptors (Lipinski definition) is 5. The minimum Gasteiger partial charge on any atom is -0.383 e. The number of rotatable bonds is 6. The van der Waals surface area contributed by atoms with Gasteiger partial charge in [-0.2, -0.15) is 0 Å². The quantitative estimate of drug-likeness (QED) is 0.882. The average molecular weight is 285 g/mol. The van der Waals surface area contributed by atoms with Gasteiger partial charge in [-0.15, -0.1) is 0 Å². The lowest BCUT2D eigenvalue weighted by Crippen LogP contribution is -2.24. The molecule has 0 spiro atoms. The zero-order valence-corrected chi connectivity index (χ0v) is 13.0. The Hall–Kier alpha value is -2.17. The summed E-state index contributed by atoms with van der Waals surface area (Å²) in [6.45, 7) is 4.93. The van der Waals surface area contributed by atoms with Gasteiger partial charge in [0, 0.05) is 43.9 Å². The molecular formula is C16H23N5. The fourth-order valence-electron chi connectivity index (χ4n) is 2.21. The van der Waals surface area contributed by atoms with Crippen LogP contribution in [0.3, 0.4) is 0 Å². The lowest BCUT2D eigenvalue weighted by molar-refractivity contribution is 0.796. The fraction of sp³-hybridized carbons (Fsp3) is 0.438. The Morgan fingerprint density at radius 2 is 2.00 bits per heavy atom. The molecule has 0 bridgehead atoms. The van der Waals surface area contributed by atoms with Crippen LogP contribution in [0.4, 0.5) is 11.6 Å². The molecule has 0 saturated carbocycles. The van der Waals surface area contributed by atoms with Gasteiger partial charge in [-0.3, -0.25) is 4.98 Å². The van der Waals surface area contributed by atoms with E-state index in [1.165, 1.54) is 0 Å². The molecule has 0 amide bonds. The Labute approximate surface area is 126 Å². The van der Waals surface area contributed by atoms with E-state index in [0.29, 0.717) is 5.82 Å². The number of nitrogens with zero attached hydrogens (tertiary/aromatic N) is 4. The van der Waals surface area contributed by atoms with E-state index in [0.717, 1.165) is 48.7 Å². The van der Waals surface area contributed by atoms with Crippen molar-refractivity contribution in [3.05, 3.63) is 41.5 Å². The zero-order valence-electron chi connectivity index (χ0n) is 13.0. The smallest absolute Gasteiger partial charge is 0.137 e. The summed E-state index contributed by atoms with van der Waals surface area (Å²) >= 11 is 0. The minimum absolute atomic E-state index is 0.577. The summed E-state index contributed by atoms with van der Waals surface area (Å²) in [7, 11) is 2.04. The summed E-state index contributed by atoms with van der Waals surface area (Å²) < 4.78 is 0. The largest absolute Gasteiger partial charge is 0.383 e. The van der Waals surface area contributed by atoms with Crippen molar-refractivity contribution in [2.24, 2.45) is 0 Å². The summed E-state index contributed by atoms with van der Waals surface area (Å²) in [4.78, 5) is 15.5. The molecule has 5 nitrogen and oxygen atoms in total. The molecule has 2 aromatic heterocycles. The first-order chi connectivity index (χ1) is 10.1. The van der Waals surface area contributed by atoms with Crippen LogP contribution < -0.4 is 10.6 Å². The predicted octanol–water partition coefficient (Wildman–Crippen LogP) is 2.39. The van der Waals surface area contributed by atoms with Crippen LogP contribution in [0.2, 0.25) is 0 Å². The van der Waals surface area contributed by atoms with Crippen molar-refractivity contribution in [2.45, 2.75) is 33.1 Å². The minimum atomic E-state index is 0.577. The van der Waals surface area contributed by atoms with E-state index in [4.69, 9.17) is 5.73 Å². The number of hydrogen-bond donors (Lipinski definition) is 1. The highest BCUT2D eigenvalue weighted by Crippen LogP contribution is 2.21. The molecule has 0 radical (unpaired) electrons. The second-order valence-corrected chi connectivity index (χ2v) is 5.22. The molecule has 2 N–H and O–H groups in total. The van der Waals surface area contributed by atoms with Crippen LogP contribution in [0.1, 0.15) is 30.4 Å². The summed E-state index contributed by atoms with van der Waals surface area (Å²) in [5, 5.41) is 0. The Morgan fingerprint density at radius 3 is 2.67 bits per heavy atom. The van der Waals surface area contributed by atoms with Gasteiger partial charge in [-0.25, -0.2) is 9.97 Å². The highest BCUT2D eigenvalue weighted by molar-refractivity contribution is 5.56. The fourth-order valence-corrected chi connectivity index (χ4v) is 2.21. The Kier molecular flexibility index (Phi) is 5.09. The first kappa shape index (κ1) is 15.2. The second-order valence-electron chi connectivity index (χ2n) is 5.22. The molecule has 2 heterocycles. The maximum absolute atomic E-state index is 6.01. The number of aryl methyl sites for hydroxylation is 1. The summed E-state index contributed by atoms with van der Waals surface area (Å²) in [6, 6.07) is 5.98. The molecule has 2 rings (SSSR count). The van der Waals surface area contributed by atoms with E-state index >= 15 is 0 Å². The molecule has 0 aliphatic carbocycles. The second kappa shape index (κ2) is 7.02. The van der Waals surface area contributed by atoms with Crippen LogP contribution in [0.5, 0.6) is 0 Å².